The van der Waals surface area contributed by atoms with Crippen molar-refractivity contribution in [1.82, 2.24) is 4.57 Å². The number of halogens is 3. The van der Waals surface area contributed by atoms with Crippen molar-refractivity contribution in [3.8, 4) is 28.8 Å². The number of aromatic nitrogens is 1. The minimum Gasteiger partial charge on any atom is -0.457 e. The Kier molecular flexibility index (Phi) is 7.05. The quantitative estimate of drug-likeness (QED) is 0.266. The zero-order valence-corrected chi connectivity index (χ0v) is 21.7. The molecule has 5 rings (SSSR count). The molecule has 4 aromatic rings. The van der Waals surface area contributed by atoms with Crippen molar-refractivity contribution in [3.05, 3.63) is 116 Å². The number of nitriles is 1. The third-order valence-corrected chi connectivity index (χ3v) is 7.25. The fourth-order valence-corrected chi connectivity index (χ4v) is 5.17. The van der Waals surface area contributed by atoms with Gasteiger partial charge < -0.3 is 9.30 Å². The van der Waals surface area contributed by atoms with Gasteiger partial charge in [0, 0.05) is 0 Å². The van der Waals surface area contributed by atoms with Gasteiger partial charge in [-0.05, 0) is 110 Å². The van der Waals surface area contributed by atoms with E-state index in [0.717, 1.165) is 42.0 Å². The lowest BCUT2D eigenvalue weighted by Gasteiger charge is -2.19. The number of rotatable bonds is 5. The van der Waals surface area contributed by atoms with Crippen LogP contribution in [-0.2, 0) is 25.6 Å². The van der Waals surface area contributed by atoms with E-state index in [0.29, 0.717) is 17.1 Å². The van der Waals surface area contributed by atoms with Gasteiger partial charge in [-0.3, -0.25) is 4.79 Å². The lowest BCUT2D eigenvalue weighted by atomic mass is 9.92. The SMILES string of the molecule is Cc1ccc(Cn2c(-c3ccc(Oc4ccc5c(c4)CCCC5)cc3)cc(C(F)(F)F)c(C#N)c2=O)c(C)c1. The van der Waals surface area contributed by atoms with Gasteiger partial charge in [-0.1, -0.05) is 29.8 Å². The van der Waals surface area contributed by atoms with Gasteiger partial charge in [0.25, 0.3) is 5.56 Å². The molecule has 0 atom stereocenters. The number of nitrogens with zero attached hydrogens (tertiary/aromatic N) is 2. The van der Waals surface area contributed by atoms with Crippen LogP contribution in [0.3, 0.4) is 0 Å². The van der Waals surface area contributed by atoms with Crippen LogP contribution in [0.2, 0.25) is 0 Å². The number of pyridine rings is 1. The summed E-state index contributed by atoms with van der Waals surface area (Å²) in [5, 5.41) is 9.48. The summed E-state index contributed by atoms with van der Waals surface area (Å²) in [6.45, 7) is 3.85. The molecule has 1 aromatic heterocycles. The highest BCUT2D eigenvalue weighted by molar-refractivity contribution is 5.64. The zero-order chi connectivity index (χ0) is 27.7. The first-order valence-electron chi connectivity index (χ1n) is 12.9. The molecule has 3 aromatic carbocycles. The third kappa shape index (κ3) is 5.46. The lowest BCUT2D eigenvalue weighted by molar-refractivity contribution is -0.137. The maximum absolute atomic E-state index is 13.9. The van der Waals surface area contributed by atoms with Crippen LogP contribution in [0.15, 0.2) is 71.5 Å². The highest BCUT2D eigenvalue weighted by atomic mass is 19.4. The van der Waals surface area contributed by atoms with Gasteiger partial charge in [-0.25, -0.2) is 0 Å². The summed E-state index contributed by atoms with van der Waals surface area (Å²) in [5.41, 5.74) is 2.69. The van der Waals surface area contributed by atoms with E-state index < -0.39 is 22.9 Å². The van der Waals surface area contributed by atoms with Crippen LogP contribution in [0.5, 0.6) is 11.5 Å². The summed E-state index contributed by atoms with van der Waals surface area (Å²) >= 11 is 0. The van der Waals surface area contributed by atoms with Crippen LogP contribution in [0.1, 0.15) is 51.8 Å². The summed E-state index contributed by atoms with van der Waals surface area (Å²) in [4.78, 5) is 13.3. The van der Waals surface area contributed by atoms with E-state index in [2.05, 4.69) is 6.07 Å². The zero-order valence-electron chi connectivity index (χ0n) is 21.7. The molecule has 0 N–H and O–H groups in total. The summed E-state index contributed by atoms with van der Waals surface area (Å²) in [6, 6.07) is 20.7. The number of fused-ring (bicyclic) bond motifs is 1. The number of aryl methyl sites for hydroxylation is 4. The van der Waals surface area contributed by atoms with E-state index in [1.165, 1.54) is 28.2 Å². The summed E-state index contributed by atoms with van der Waals surface area (Å²) in [6.07, 6.45) is -0.427. The van der Waals surface area contributed by atoms with Crippen LogP contribution in [0, 0.1) is 25.2 Å². The van der Waals surface area contributed by atoms with Crippen molar-refractivity contribution in [1.29, 1.82) is 5.26 Å². The number of alkyl halides is 3. The molecule has 7 heteroatoms. The Morgan fingerprint density at radius 3 is 2.26 bits per heavy atom. The van der Waals surface area contributed by atoms with Gasteiger partial charge in [0.1, 0.15) is 23.1 Å². The Morgan fingerprint density at radius 2 is 1.59 bits per heavy atom. The molecule has 0 saturated heterocycles. The normalized spacial score (nSPS) is 13.0. The number of ether oxygens (including phenoxy) is 1. The largest absolute Gasteiger partial charge is 0.457 e. The molecule has 1 heterocycles. The second-order valence-electron chi connectivity index (χ2n) is 10.0. The van der Waals surface area contributed by atoms with E-state index in [1.54, 1.807) is 24.3 Å². The molecule has 0 amide bonds. The molecular weight excluding hydrogens is 501 g/mol. The summed E-state index contributed by atoms with van der Waals surface area (Å²) in [7, 11) is 0. The van der Waals surface area contributed by atoms with Crippen LogP contribution < -0.4 is 10.3 Å². The fraction of sp³-hybridized carbons (Fsp3) is 0.250. The van der Waals surface area contributed by atoms with Gasteiger partial charge in [0.2, 0.25) is 0 Å². The Bertz CT molecular complexity index is 1640. The predicted octanol–water partition coefficient (Wildman–Crippen LogP) is 7.74. The number of hydrogen-bond acceptors (Lipinski definition) is 3. The molecule has 0 unspecified atom stereocenters. The van der Waals surface area contributed by atoms with Gasteiger partial charge in [0.15, 0.2) is 0 Å². The van der Waals surface area contributed by atoms with Crippen molar-refractivity contribution in [2.45, 2.75) is 52.3 Å². The standard InChI is InChI=1S/C32H27F3N2O2/c1-20-7-8-25(21(2)15-20)19-37-30(17-29(32(33,34)35)28(18-36)31(37)38)23-10-12-26(13-11-23)39-27-14-9-22-5-3-4-6-24(22)16-27/h7-17H,3-6,19H2,1-2H3. The molecule has 198 valence electrons. The van der Waals surface area contributed by atoms with Crippen LogP contribution in [-0.4, -0.2) is 4.57 Å². The van der Waals surface area contributed by atoms with E-state index in [4.69, 9.17) is 4.74 Å². The second-order valence-corrected chi connectivity index (χ2v) is 10.0. The molecule has 0 aliphatic heterocycles. The van der Waals surface area contributed by atoms with E-state index >= 15 is 0 Å². The number of benzene rings is 3. The maximum Gasteiger partial charge on any atom is 0.417 e. The van der Waals surface area contributed by atoms with Crippen molar-refractivity contribution in [2.75, 3.05) is 0 Å². The molecule has 0 bridgehead atoms. The Morgan fingerprint density at radius 1 is 0.897 bits per heavy atom. The molecule has 0 radical (unpaired) electrons. The topological polar surface area (TPSA) is 55.0 Å². The predicted molar refractivity (Wildman–Crippen MR) is 144 cm³/mol. The summed E-state index contributed by atoms with van der Waals surface area (Å²) in [5.74, 6) is 1.23. The average molecular weight is 529 g/mol. The molecule has 1 aliphatic carbocycles. The third-order valence-electron chi connectivity index (χ3n) is 7.25. The Hall–Kier alpha value is -4.31. The second kappa shape index (κ2) is 10.5. The first-order chi connectivity index (χ1) is 18.6. The number of hydrogen-bond donors (Lipinski definition) is 0. The smallest absolute Gasteiger partial charge is 0.417 e. The van der Waals surface area contributed by atoms with Gasteiger partial charge >= 0.3 is 6.18 Å². The van der Waals surface area contributed by atoms with Gasteiger partial charge in [0.05, 0.1) is 17.8 Å². The minimum atomic E-state index is -4.85. The lowest BCUT2D eigenvalue weighted by Crippen LogP contribution is -2.29. The first kappa shape index (κ1) is 26.3. The van der Waals surface area contributed by atoms with E-state index in [-0.39, 0.29) is 12.2 Å². The van der Waals surface area contributed by atoms with E-state index in [9.17, 15) is 23.2 Å². The monoisotopic (exact) mass is 528 g/mol. The van der Waals surface area contributed by atoms with Crippen LogP contribution in [0.25, 0.3) is 11.3 Å². The first-order valence-corrected chi connectivity index (χ1v) is 12.9. The molecule has 0 saturated carbocycles. The van der Waals surface area contributed by atoms with Gasteiger partial charge in [-0.15, -0.1) is 0 Å². The average Bonchev–Trinajstić information content (AvgIpc) is 2.90. The maximum atomic E-state index is 13.9. The van der Waals surface area contributed by atoms with Crippen LogP contribution >= 0.6 is 0 Å². The Labute approximate surface area is 224 Å². The molecule has 39 heavy (non-hydrogen) atoms. The fourth-order valence-electron chi connectivity index (χ4n) is 5.17. The van der Waals surface area contributed by atoms with Crippen molar-refractivity contribution in [3.63, 3.8) is 0 Å². The highest BCUT2D eigenvalue weighted by Gasteiger charge is 2.36. The Balaban J connectivity index is 1.55. The van der Waals surface area contributed by atoms with Crippen molar-refractivity contribution >= 4 is 0 Å². The highest BCUT2D eigenvalue weighted by Crippen LogP contribution is 2.35. The molecule has 0 fully saturated rings. The minimum absolute atomic E-state index is 0.0282. The molecule has 4 nitrogen and oxygen atoms in total. The summed E-state index contributed by atoms with van der Waals surface area (Å²) < 4.78 is 48.9. The van der Waals surface area contributed by atoms with Gasteiger partial charge in [-0.2, -0.15) is 18.4 Å². The van der Waals surface area contributed by atoms with Crippen molar-refractivity contribution in [2.24, 2.45) is 0 Å². The molecule has 1 aliphatic rings. The van der Waals surface area contributed by atoms with E-state index in [1.807, 2.05) is 44.2 Å². The molecular formula is C32H27F3N2O2. The van der Waals surface area contributed by atoms with Crippen LogP contribution in [0.4, 0.5) is 13.2 Å². The van der Waals surface area contributed by atoms with Crippen molar-refractivity contribution < 1.29 is 17.9 Å². The molecule has 0 spiro atoms.